The molecular weight excluding hydrogens is 504 g/mol. The third kappa shape index (κ3) is 5.48. The molecule has 0 radical (unpaired) electrons. The van der Waals surface area contributed by atoms with Crippen molar-refractivity contribution in [2.75, 3.05) is 13.2 Å². The first kappa shape index (κ1) is 21.1. The van der Waals surface area contributed by atoms with Crippen LogP contribution in [-0.2, 0) is 4.79 Å². The van der Waals surface area contributed by atoms with Crippen LogP contribution in [0.5, 0.6) is 17.2 Å². The Kier molecular flexibility index (Phi) is 7.11. The molecular formula is C21H18Br2N2O4. The number of halogens is 2. The van der Waals surface area contributed by atoms with Crippen molar-refractivity contribution in [1.29, 1.82) is 0 Å². The lowest BCUT2D eigenvalue weighted by Crippen LogP contribution is -2.24. The number of nitrogens with one attached hydrogen (secondary N) is 1. The van der Waals surface area contributed by atoms with Gasteiger partial charge in [-0.1, -0.05) is 28.1 Å². The maximum Gasteiger partial charge on any atom is 0.277 e. The molecule has 0 heterocycles. The van der Waals surface area contributed by atoms with Gasteiger partial charge in [-0.15, -0.1) is 0 Å². The molecule has 0 bridgehead atoms. The van der Waals surface area contributed by atoms with E-state index in [0.717, 1.165) is 19.7 Å². The Bertz CT molecular complexity index is 1070. The largest absolute Gasteiger partial charge is 0.504 e. The Morgan fingerprint density at radius 3 is 2.72 bits per heavy atom. The molecule has 150 valence electrons. The average Bonchev–Trinajstić information content (AvgIpc) is 2.70. The topological polar surface area (TPSA) is 80.2 Å². The van der Waals surface area contributed by atoms with E-state index < -0.39 is 5.91 Å². The van der Waals surface area contributed by atoms with Crippen LogP contribution >= 0.6 is 31.9 Å². The summed E-state index contributed by atoms with van der Waals surface area (Å²) in [6.45, 7) is 2.08. The van der Waals surface area contributed by atoms with Crippen molar-refractivity contribution in [2.45, 2.75) is 6.92 Å². The van der Waals surface area contributed by atoms with Crippen molar-refractivity contribution in [3.8, 4) is 17.2 Å². The fraction of sp³-hybridized carbons (Fsp3) is 0.143. The maximum absolute atomic E-state index is 12.0. The number of phenolic OH excluding ortho intramolecular Hbond substituents is 1. The number of ether oxygens (including phenoxy) is 2. The second-order valence-electron chi connectivity index (χ2n) is 5.99. The highest BCUT2D eigenvalue weighted by molar-refractivity contribution is 9.11. The Hall–Kier alpha value is -2.58. The summed E-state index contributed by atoms with van der Waals surface area (Å²) in [5.74, 6) is 0.584. The van der Waals surface area contributed by atoms with E-state index in [4.69, 9.17) is 9.47 Å². The summed E-state index contributed by atoms with van der Waals surface area (Å²) in [5.41, 5.74) is 3.09. The molecule has 6 nitrogen and oxygen atoms in total. The van der Waals surface area contributed by atoms with Crippen LogP contribution in [0.2, 0.25) is 0 Å². The molecule has 0 saturated heterocycles. The molecule has 0 saturated carbocycles. The molecule has 2 N–H and O–H groups in total. The van der Waals surface area contributed by atoms with Gasteiger partial charge in [0.05, 0.1) is 17.3 Å². The van der Waals surface area contributed by atoms with E-state index in [1.807, 2.05) is 31.2 Å². The number of phenols is 1. The summed E-state index contributed by atoms with van der Waals surface area (Å²) in [7, 11) is 0. The smallest absolute Gasteiger partial charge is 0.277 e. The van der Waals surface area contributed by atoms with Crippen LogP contribution in [0.3, 0.4) is 0 Å². The van der Waals surface area contributed by atoms with Gasteiger partial charge >= 0.3 is 0 Å². The molecule has 3 aromatic rings. The summed E-state index contributed by atoms with van der Waals surface area (Å²) in [6, 6.07) is 14.5. The molecule has 0 unspecified atom stereocenters. The van der Waals surface area contributed by atoms with E-state index in [-0.39, 0.29) is 12.4 Å². The van der Waals surface area contributed by atoms with E-state index in [9.17, 15) is 9.90 Å². The number of fused-ring (bicyclic) bond motifs is 1. The monoisotopic (exact) mass is 520 g/mol. The zero-order valence-corrected chi connectivity index (χ0v) is 18.7. The van der Waals surface area contributed by atoms with E-state index >= 15 is 0 Å². The zero-order chi connectivity index (χ0) is 20.8. The molecule has 0 aliphatic rings. The van der Waals surface area contributed by atoms with Crippen LogP contribution in [0.1, 0.15) is 12.5 Å². The average molecular weight is 522 g/mol. The van der Waals surface area contributed by atoms with Crippen molar-refractivity contribution < 1.29 is 19.4 Å². The molecule has 0 fully saturated rings. The number of carbonyl (C=O) groups is 1. The third-order valence-electron chi connectivity index (χ3n) is 3.93. The van der Waals surface area contributed by atoms with E-state index in [2.05, 4.69) is 42.4 Å². The van der Waals surface area contributed by atoms with Crippen LogP contribution in [0.25, 0.3) is 10.8 Å². The molecule has 0 spiro atoms. The number of amides is 1. The minimum atomic E-state index is -0.395. The highest BCUT2D eigenvalue weighted by atomic mass is 79.9. The van der Waals surface area contributed by atoms with Gasteiger partial charge in [-0.25, -0.2) is 5.43 Å². The molecule has 29 heavy (non-hydrogen) atoms. The quantitative estimate of drug-likeness (QED) is 0.339. The lowest BCUT2D eigenvalue weighted by molar-refractivity contribution is -0.123. The van der Waals surface area contributed by atoms with Crippen molar-refractivity contribution in [3.63, 3.8) is 0 Å². The number of rotatable bonds is 7. The van der Waals surface area contributed by atoms with Crippen LogP contribution in [-0.4, -0.2) is 30.4 Å². The summed E-state index contributed by atoms with van der Waals surface area (Å²) < 4.78 is 12.7. The van der Waals surface area contributed by atoms with E-state index in [1.165, 1.54) is 12.3 Å². The maximum atomic E-state index is 12.0. The van der Waals surface area contributed by atoms with Gasteiger partial charge in [0.25, 0.3) is 5.91 Å². The minimum Gasteiger partial charge on any atom is -0.504 e. The normalized spacial score (nSPS) is 11.0. The Balaban J connectivity index is 1.58. The molecule has 0 aromatic heterocycles. The molecule has 8 heteroatoms. The Morgan fingerprint density at radius 2 is 1.93 bits per heavy atom. The van der Waals surface area contributed by atoms with E-state index in [0.29, 0.717) is 23.7 Å². The first-order chi connectivity index (χ1) is 14.0. The predicted molar refractivity (Wildman–Crippen MR) is 120 cm³/mol. The number of hydrazone groups is 1. The van der Waals surface area contributed by atoms with Crippen LogP contribution in [0.4, 0.5) is 0 Å². The van der Waals surface area contributed by atoms with Gasteiger partial charge in [0, 0.05) is 4.47 Å². The summed E-state index contributed by atoms with van der Waals surface area (Å²) in [5, 5.41) is 15.6. The van der Waals surface area contributed by atoms with Crippen molar-refractivity contribution in [1.82, 2.24) is 5.43 Å². The van der Waals surface area contributed by atoms with Crippen LogP contribution in [0.15, 0.2) is 62.6 Å². The lowest BCUT2D eigenvalue weighted by atomic mass is 10.1. The highest BCUT2D eigenvalue weighted by Gasteiger charge is 2.09. The fourth-order valence-electron chi connectivity index (χ4n) is 2.59. The van der Waals surface area contributed by atoms with Crippen molar-refractivity contribution >= 4 is 54.8 Å². The highest BCUT2D eigenvalue weighted by Crippen LogP contribution is 2.34. The molecule has 0 aliphatic carbocycles. The van der Waals surface area contributed by atoms with Crippen molar-refractivity contribution in [2.24, 2.45) is 5.10 Å². The van der Waals surface area contributed by atoms with Crippen molar-refractivity contribution in [3.05, 3.63) is 63.0 Å². The SMILES string of the molecule is CCOc1cc(C=NNC(=O)COc2ccc3cc(Br)ccc3c2Br)ccc1O. The number of benzene rings is 3. The van der Waals surface area contributed by atoms with Crippen LogP contribution in [0, 0.1) is 0 Å². The molecule has 3 aromatic carbocycles. The van der Waals surface area contributed by atoms with E-state index in [1.54, 1.807) is 18.2 Å². The Labute approximate surface area is 184 Å². The van der Waals surface area contributed by atoms with Gasteiger partial charge < -0.3 is 14.6 Å². The van der Waals surface area contributed by atoms with Gasteiger partial charge in [0.1, 0.15) is 5.75 Å². The number of nitrogens with zero attached hydrogens (tertiary/aromatic N) is 1. The Morgan fingerprint density at radius 1 is 1.10 bits per heavy atom. The molecule has 0 atom stereocenters. The summed E-state index contributed by atoms with van der Waals surface area (Å²) in [6.07, 6.45) is 1.46. The lowest BCUT2D eigenvalue weighted by Gasteiger charge is -2.10. The first-order valence-corrected chi connectivity index (χ1v) is 10.3. The number of aromatic hydroxyl groups is 1. The summed E-state index contributed by atoms with van der Waals surface area (Å²) >= 11 is 6.98. The number of carbonyl (C=O) groups excluding carboxylic acids is 1. The van der Waals surface area contributed by atoms with Gasteiger partial charge in [-0.2, -0.15) is 5.10 Å². The predicted octanol–water partition coefficient (Wildman–Crippen LogP) is 5.00. The van der Waals surface area contributed by atoms with Crippen LogP contribution < -0.4 is 14.9 Å². The standard InChI is InChI=1S/C21H18Br2N2O4/c1-2-28-19-9-13(3-7-17(19)26)11-24-25-20(27)12-29-18-8-4-14-10-15(22)5-6-16(14)21(18)23/h3-11,26H,2,12H2,1H3,(H,25,27). The van der Waals surface area contributed by atoms with Gasteiger partial charge in [-0.05, 0) is 75.6 Å². The fourth-order valence-corrected chi connectivity index (χ4v) is 3.58. The first-order valence-electron chi connectivity index (χ1n) is 8.76. The molecule has 3 rings (SSSR count). The number of hydrogen-bond donors (Lipinski definition) is 2. The third-order valence-corrected chi connectivity index (χ3v) is 5.24. The van der Waals surface area contributed by atoms with Gasteiger partial charge in [0.2, 0.25) is 0 Å². The summed E-state index contributed by atoms with van der Waals surface area (Å²) in [4.78, 5) is 12.0. The van der Waals surface area contributed by atoms with Gasteiger partial charge in [0.15, 0.2) is 18.1 Å². The van der Waals surface area contributed by atoms with Gasteiger partial charge in [-0.3, -0.25) is 4.79 Å². The molecule has 0 aliphatic heterocycles. The molecule has 1 amide bonds. The minimum absolute atomic E-state index is 0.0507. The second kappa shape index (κ2) is 9.76. The zero-order valence-electron chi connectivity index (χ0n) is 15.5. The number of hydrogen-bond acceptors (Lipinski definition) is 5. The second-order valence-corrected chi connectivity index (χ2v) is 7.69.